The van der Waals surface area contributed by atoms with Crippen molar-refractivity contribution in [2.45, 2.75) is 47.5 Å². The molecule has 0 nitrogen and oxygen atoms in total. The van der Waals surface area contributed by atoms with Gasteiger partial charge in [-0.05, 0) is 77.2 Å². The number of benzene rings is 1. The summed E-state index contributed by atoms with van der Waals surface area (Å²) in [5.74, 6) is 7.59. The summed E-state index contributed by atoms with van der Waals surface area (Å²) in [6, 6.07) is 11.1. The third-order valence-corrected chi connectivity index (χ3v) is 8.81. The van der Waals surface area contributed by atoms with Gasteiger partial charge >= 0.3 is 0 Å². The summed E-state index contributed by atoms with van der Waals surface area (Å²) in [6.45, 7) is 12.6. The maximum Gasteiger partial charge on any atom is -0.00876 e. The van der Waals surface area contributed by atoms with E-state index in [-0.39, 0.29) is 0 Å². The normalized spacial score (nSPS) is 44.8. The highest BCUT2D eigenvalue weighted by molar-refractivity contribution is 5.71. The smallest absolute Gasteiger partial charge is 0.00876 e. The monoisotopic (exact) mass is 348 g/mol. The third-order valence-electron chi connectivity index (χ3n) is 8.81. The molecule has 140 valence electrons. The van der Waals surface area contributed by atoms with E-state index in [1.54, 1.807) is 5.57 Å². The van der Waals surface area contributed by atoms with Gasteiger partial charge in [0.25, 0.3) is 0 Å². The van der Waals surface area contributed by atoms with Gasteiger partial charge in [-0.1, -0.05) is 83.2 Å². The SMILES string of the molecule is CC1CC2C(c3ccccc3)=CC=CC2C1CC1C(C)C(C)C(C)C1C. The van der Waals surface area contributed by atoms with Gasteiger partial charge in [0.05, 0.1) is 0 Å². The summed E-state index contributed by atoms with van der Waals surface area (Å²) in [6.07, 6.45) is 10.1. The second-order valence-electron chi connectivity index (χ2n) is 9.77. The van der Waals surface area contributed by atoms with Gasteiger partial charge in [-0.15, -0.1) is 0 Å². The molecular weight excluding hydrogens is 312 g/mol. The molecule has 0 radical (unpaired) electrons. The first-order valence-electron chi connectivity index (χ1n) is 10.9. The minimum absolute atomic E-state index is 0.726. The molecule has 0 N–H and O–H groups in total. The van der Waals surface area contributed by atoms with Crippen LogP contribution in [0.2, 0.25) is 0 Å². The summed E-state index contributed by atoms with van der Waals surface area (Å²) in [5, 5.41) is 0. The van der Waals surface area contributed by atoms with E-state index in [4.69, 9.17) is 0 Å². The quantitative estimate of drug-likeness (QED) is 0.547. The first kappa shape index (κ1) is 18.1. The minimum Gasteiger partial charge on any atom is -0.0805 e. The van der Waals surface area contributed by atoms with Gasteiger partial charge in [0.1, 0.15) is 0 Å². The average molecular weight is 349 g/mol. The van der Waals surface area contributed by atoms with Crippen molar-refractivity contribution in [1.29, 1.82) is 0 Å². The van der Waals surface area contributed by atoms with E-state index in [1.165, 1.54) is 18.4 Å². The molecule has 0 heteroatoms. The Morgan fingerprint density at radius 1 is 0.808 bits per heavy atom. The van der Waals surface area contributed by atoms with Crippen LogP contribution in [0.1, 0.15) is 53.0 Å². The lowest BCUT2D eigenvalue weighted by molar-refractivity contribution is 0.208. The van der Waals surface area contributed by atoms with Crippen LogP contribution in [-0.4, -0.2) is 0 Å². The number of hydrogen-bond acceptors (Lipinski definition) is 0. The second kappa shape index (κ2) is 7.02. The number of fused-ring (bicyclic) bond motifs is 1. The van der Waals surface area contributed by atoms with E-state index in [9.17, 15) is 0 Å². The third kappa shape index (κ3) is 2.90. The molecule has 1 aromatic rings. The summed E-state index contributed by atoms with van der Waals surface area (Å²) in [5.41, 5.74) is 3.02. The molecule has 0 aromatic heterocycles. The molecule has 1 aromatic carbocycles. The summed E-state index contributed by atoms with van der Waals surface area (Å²) >= 11 is 0. The van der Waals surface area contributed by atoms with Crippen molar-refractivity contribution in [1.82, 2.24) is 0 Å². The van der Waals surface area contributed by atoms with Gasteiger partial charge in [-0.2, -0.15) is 0 Å². The summed E-state index contributed by atoms with van der Waals surface area (Å²) in [4.78, 5) is 0. The van der Waals surface area contributed by atoms with E-state index in [0.717, 1.165) is 53.3 Å². The van der Waals surface area contributed by atoms with Gasteiger partial charge in [0, 0.05) is 0 Å². The Morgan fingerprint density at radius 2 is 1.46 bits per heavy atom. The predicted molar refractivity (Wildman–Crippen MR) is 113 cm³/mol. The predicted octanol–water partition coefficient (Wildman–Crippen LogP) is 7.09. The Kier molecular flexibility index (Phi) is 4.88. The van der Waals surface area contributed by atoms with Crippen LogP contribution >= 0.6 is 0 Å². The molecule has 0 aliphatic heterocycles. The van der Waals surface area contributed by atoms with Gasteiger partial charge in [0.15, 0.2) is 0 Å². The van der Waals surface area contributed by atoms with E-state index < -0.39 is 0 Å². The zero-order chi connectivity index (χ0) is 18.4. The van der Waals surface area contributed by atoms with Crippen molar-refractivity contribution in [3.8, 4) is 0 Å². The van der Waals surface area contributed by atoms with Gasteiger partial charge in [0.2, 0.25) is 0 Å². The molecule has 8 unspecified atom stereocenters. The first-order valence-corrected chi connectivity index (χ1v) is 10.9. The molecule has 8 atom stereocenters. The van der Waals surface area contributed by atoms with Crippen molar-refractivity contribution in [3.63, 3.8) is 0 Å². The molecule has 0 bridgehead atoms. The number of rotatable bonds is 3. The molecule has 3 aliphatic rings. The fourth-order valence-electron chi connectivity index (χ4n) is 6.72. The van der Waals surface area contributed by atoms with Crippen LogP contribution in [0.4, 0.5) is 0 Å². The maximum atomic E-state index is 2.54. The molecule has 0 saturated heterocycles. The van der Waals surface area contributed by atoms with Crippen LogP contribution < -0.4 is 0 Å². The number of allylic oxidation sites excluding steroid dienone is 4. The lowest BCUT2D eigenvalue weighted by atomic mass is 9.73. The van der Waals surface area contributed by atoms with E-state index >= 15 is 0 Å². The molecule has 0 spiro atoms. The van der Waals surface area contributed by atoms with E-state index in [2.05, 4.69) is 83.2 Å². The second-order valence-corrected chi connectivity index (χ2v) is 9.77. The molecule has 0 heterocycles. The molecule has 4 rings (SSSR count). The lowest BCUT2D eigenvalue weighted by Crippen LogP contribution is -2.24. The van der Waals surface area contributed by atoms with Crippen molar-refractivity contribution in [2.75, 3.05) is 0 Å². The Morgan fingerprint density at radius 3 is 2.12 bits per heavy atom. The molecule has 2 saturated carbocycles. The highest BCUT2D eigenvalue weighted by Gasteiger charge is 2.47. The Hall–Kier alpha value is -1.30. The van der Waals surface area contributed by atoms with Gasteiger partial charge in [-0.3, -0.25) is 0 Å². The zero-order valence-corrected chi connectivity index (χ0v) is 17.2. The van der Waals surface area contributed by atoms with Crippen molar-refractivity contribution < 1.29 is 0 Å². The van der Waals surface area contributed by atoms with E-state index in [0.29, 0.717) is 0 Å². The van der Waals surface area contributed by atoms with Crippen LogP contribution in [0.3, 0.4) is 0 Å². The lowest BCUT2D eigenvalue weighted by Gasteiger charge is -2.32. The van der Waals surface area contributed by atoms with Gasteiger partial charge in [-0.25, -0.2) is 0 Å². The average Bonchev–Trinajstić information content (AvgIpc) is 3.07. The molecule has 26 heavy (non-hydrogen) atoms. The highest BCUT2D eigenvalue weighted by atomic mass is 14.5. The van der Waals surface area contributed by atoms with Crippen LogP contribution in [-0.2, 0) is 0 Å². The topological polar surface area (TPSA) is 0 Å². The fraction of sp³-hybridized carbons (Fsp3) is 0.615. The Bertz CT molecular complexity index is 667. The summed E-state index contributed by atoms with van der Waals surface area (Å²) < 4.78 is 0. The molecule has 3 aliphatic carbocycles. The van der Waals surface area contributed by atoms with Crippen LogP contribution in [0, 0.1) is 53.3 Å². The van der Waals surface area contributed by atoms with Gasteiger partial charge < -0.3 is 0 Å². The standard InChI is InChI=1S/C26H36/c1-16-14-26-22(21-10-7-6-8-11-21)12-9-13-23(26)24(16)15-25-19(4)17(2)18(3)20(25)5/h6-13,16-20,23-26H,14-15H2,1-5H3. The van der Waals surface area contributed by atoms with E-state index in [1.807, 2.05) is 0 Å². The maximum absolute atomic E-state index is 2.54. The Balaban J connectivity index is 1.55. The summed E-state index contributed by atoms with van der Waals surface area (Å²) in [7, 11) is 0. The molecular formula is C26H36. The van der Waals surface area contributed by atoms with Crippen molar-refractivity contribution in [3.05, 3.63) is 54.1 Å². The number of hydrogen-bond donors (Lipinski definition) is 0. The molecule has 2 fully saturated rings. The highest BCUT2D eigenvalue weighted by Crippen LogP contribution is 2.55. The van der Waals surface area contributed by atoms with Crippen molar-refractivity contribution in [2.24, 2.45) is 53.3 Å². The van der Waals surface area contributed by atoms with Crippen LogP contribution in [0.15, 0.2) is 48.6 Å². The molecule has 0 amide bonds. The van der Waals surface area contributed by atoms with Crippen LogP contribution in [0.5, 0.6) is 0 Å². The van der Waals surface area contributed by atoms with Crippen molar-refractivity contribution >= 4 is 5.57 Å². The Labute approximate surface area is 160 Å². The zero-order valence-electron chi connectivity index (χ0n) is 17.2. The van der Waals surface area contributed by atoms with Crippen LogP contribution in [0.25, 0.3) is 5.57 Å². The fourth-order valence-corrected chi connectivity index (χ4v) is 6.72. The minimum atomic E-state index is 0.726. The first-order chi connectivity index (χ1) is 12.5. The largest absolute Gasteiger partial charge is 0.0805 e.